The van der Waals surface area contributed by atoms with Crippen molar-refractivity contribution >= 4 is 39.1 Å². The van der Waals surface area contributed by atoms with Gasteiger partial charge in [0.15, 0.2) is 6.61 Å². The summed E-state index contributed by atoms with van der Waals surface area (Å²) in [4.78, 5) is 23.2. The van der Waals surface area contributed by atoms with E-state index in [1.54, 1.807) is 24.3 Å². The van der Waals surface area contributed by atoms with Gasteiger partial charge in [-0.2, -0.15) is 0 Å². The summed E-state index contributed by atoms with van der Waals surface area (Å²) in [6.45, 7) is 7.52. The number of aryl methyl sites for hydroxylation is 1. The molecule has 0 saturated carbocycles. The van der Waals surface area contributed by atoms with E-state index in [-0.39, 0.29) is 24.3 Å². The number of hydrogen-bond donors (Lipinski definition) is 2. The van der Waals surface area contributed by atoms with Crippen LogP contribution < -0.4 is 15.4 Å². The first kappa shape index (κ1) is 20.0. The van der Waals surface area contributed by atoms with Gasteiger partial charge in [0.25, 0.3) is 5.91 Å². The van der Waals surface area contributed by atoms with E-state index in [2.05, 4.69) is 40.4 Å². The molecule has 2 N–H and O–H groups in total. The molecule has 0 aliphatic carbocycles. The Bertz CT molecular complexity index is 801. The van der Waals surface area contributed by atoms with Gasteiger partial charge >= 0.3 is 0 Å². The molecule has 0 aliphatic heterocycles. The first-order chi connectivity index (χ1) is 12.3. The van der Waals surface area contributed by atoms with E-state index in [1.165, 1.54) is 6.92 Å². The molecular formula is C20H23BrN2O3. The maximum atomic E-state index is 12.2. The third-order valence-corrected chi connectivity index (χ3v) is 4.62. The van der Waals surface area contributed by atoms with Gasteiger partial charge in [-0.15, -0.1) is 0 Å². The van der Waals surface area contributed by atoms with Gasteiger partial charge in [0.2, 0.25) is 5.91 Å². The number of benzene rings is 2. The molecule has 6 heteroatoms. The van der Waals surface area contributed by atoms with E-state index in [4.69, 9.17) is 4.74 Å². The van der Waals surface area contributed by atoms with Crippen LogP contribution in [0.25, 0.3) is 0 Å². The molecule has 2 aromatic rings. The average molecular weight is 419 g/mol. The van der Waals surface area contributed by atoms with Crippen LogP contribution in [0.1, 0.15) is 37.8 Å². The number of rotatable bonds is 6. The van der Waals surface area contributed by atoms with E-state index >= 15 is 0 Å². The van der Waals surface area contributed by atoms with Crippen molar-refractivity contribution in [1.29, 1.82) is 0 Å². The Kier molecular flexibility index (Phi) is 6.80. The molecule has 2 aromatic carbocycles. The van der Waals surface area contributed by atoms with E-state index in [0.717, 1.165) is 21.3 Å². The van der Waals surface area contributed by atoms with Crippen molar-refractivity contribution in [3.05, 3.63) is 52.0 Å². The second-order valence-corrected chi connectivity index (χ2v) is 7.24. The minimum absolute atomic E-state index is 0.0752. The first-order valence-corrected chi connectivity index (χ1v) is 9.16. The summed E-state index contributed by atoms with van der Waals surface area (Å²) in [6, 6.07) is 10.9. The number of carbonyl (C=O) groups excluding carboxylic acids is 2. The van der Waals surface area contributed by atoms with Gasteiger partial charge in [-0.3, -0.25) is 9.59 Å². The maximum Gasteiger partial charge on any atom is 0.262 e. The Morgan fingerprint density at radius 1 is 1.08 bits per heavy atom. The molecule has 0 fully saturated rings. The van der Waals surface area contributed by atoms with Crippen LogP contribution in [0.5, 0.6) is 5.75 Å². The Hall–Kier alpha value is -2.34. The first-order valence-electron chi connectivity index (χ1n) is 8.36. The Balaban J connectivity index is 1.99. The molecule has 26 heavy (non-hydrogen) atoms. The Morgan fingerprint density at radius 2 is 1.65 bits per heavy atom. The smallest absolute Gasteiger partial charge is 0.262 e. The zero-order valence-corrected chi connectivity index (χ0v) is 16.9. The molecule has 0 unspecified atom stereocenters. The molecule has 138 valence electrons. The van der Waals surface area contributed by atoms with E-state index < -0.39 is 0 Å². The number of ether oxygens (including phenoxy) is 1. The summed E-state index contributed by atoms with van der Waals surface area (Å²) < 4.78 is 6.78. The standard InChI is InChI=1S/C20H23BrN2O3/c1-12(2)17-10-18(21)13(3)9-19(17)26-11-20(25)23-16-7-5-15(6-8-16)22-14(4)24/h5-10,12H,11H2,1-4H3,(H,22,24)(H,23,25). The van der Waals surface area contributed by atoms with Crippen LogP contribution in [-0.2, 0) is 9.59 Å². The summed E-state index contributed by atoms with van der Waals surface area (Å²) in [5, 5.41) is 5.46. The molecule has 0 saturated heterocycles. The summed E-state index contributed by atoms with van der Waals surface area (Å²) in [6.07, 6.45) is 0. The fourth-order valence-corrected chi connectivity index (χ4v) is 2.79. The molecular weight excluding hydrogens is 396 g/mol. The molecule has 0 aliphatic rings. The third kappa shape index (κ3) is 5.59. The number of hydrogen-bond acceptors (Lipinski definition) is 3. The Labute approximate surface area is 162 Å². The SMILES string of the molecule is CC(=O)Nc1ccc(NC(=O)COc2cc(C)c(Br)cc2C(C)C)cc1. The molecule has 0 heterocycles. The predicted octanol–water partition coefficient (Wildman–Crippen LogP) is 4.86. The monoisotopic (exact) mass is 418 g/mol. The van der Waals surface area contributed by atoms with Crippen LogP contribution in [-0.4, -0.2) is 18.4 Å². The molecule has 0 atom stereocenters. The molecule has 0 radical (unpaired) electrons. The largest absolute Gasteiger partial charge is 0.483 e. The van der Waals surface area contributed by atoms with Crippen molar-refractivity contribution in [2.24, 2.45) is 0 Å². The molecule has 2 amide bonds. The van der Waals surface area contributed by atoms with Gasteiger partial charge in [-0.05, 0) is 60.4 Å². The lowest BCUT2D eigenvalue weighted by Gasteiger charge is -2.16. The van der Waals surface area contributed by atoms with Crippen LogP contribution in [0.3, 0.4) is 0 Å². The van der Waals surface area contributed by atoms with E-state index in [1.807, 2.05) is 19.1 Å². The van der Waals surface area contributed by atoms with Gasteiger partial charge in [0.1, 0.15) is 5.75 Å². The summed E-state index contributed by atoms with van der Waals surface area (Å²) in [7, 11) is 0. The van der Waals surface area contributed by atoms with Crippen molar-refractivity contribution in [2.45, 2.75) is 33.6 Å². The number of carbonyl (C=O) groups is 2. The van der Waals surface area contributed by atoms with Crippen molar-refractivity contribution in [3.63, 3.8) is 0 Å². The van der Waals surface area contributed by atoms with E-state index in [9.17, 15) is 9.59 Å². The second kappa shape index (κ2) is 8.85. The number of anilines is 2. The maximum absolute atomic E-state index is 12.2. The normalized spacial score (nSPS) is 10.5. The highest BCUT2D eigenvalue weighted by atomic mass is 79.9. The van der Waals surface area contributed by atoms with Crippen LogP contribution in [0, 0.1) is 6.92 Å². The lowest BCUT2D eigenvalue weighted by Crippen LogP contribution is -2.20. The van der Waals surface area contributed by atoms with Gasteiger partial charge < -0.3 is 15.4 Å². The molecule has 5 nitrogen and oxygen atoms in total. The summed E-state index contributed by atoms with van der Waals surface area (Å²) >= 11 is 3.53. The van der Waals surface area contributed by atoms with Crippen molar-refractivity contribution in [3.8, 4) is 5.75 Å². The van der Waals surface area contributed by atoms with Crippen LogP contribution in [0.15, 0.2) is 40.9 Å². The average Bonchev–Trinajstić information content (AvgIpc) is 2.56. The molecule has 0 bridgehead atoms. The van der Waals surface area contributed by atoms with Gasteiger partial charge in [-0.1, -0.05) is 29.8 Å². The lowest BCUT2D eigenvalue weighted by atomic mass is 10.0. The predicted molar refractivity (Wildman–Crippen MR) is 108 cm³/mol. The topological polar surface area (TPSA) is 67.4 Å². The fraction of sp³-hybridized carbons (Fsp3) is 0.300. The third-order valence-electron chi connectivity index (χ3n) is 3.76. The molecule has 0 spiro atoms. The van der Waals surface area contributed by atoms with Crippen molar-refractivity contribution in [2.75, 3.05) is 17.2 Å². The number of amides is 2. The quantitative estimate of drug-likeness (QED) is 0.703. The number of nitrogens with one attached hydrogen (secondary N) is 2. The second-order valence-electron chi connectivity index (χ2n) is 6.39. The highest BCUT2D eigenvalue weighted by Gasteiger charge is 2.12. The van der Waals surface area contributed by atoms with Crippen LogP contribution in [0.2, 0.25) is 0 Å². The lowest BCUT2D eigenvalue weighted by molar-refractivity contribution is -0.118. The zero-order valence-electron chi connectivity index (χ0n) is 15.4. The highest BCUT2D eigenvalue weighted by Crippen LogP contribution is 2.32. The van der Waals surface area contributed by atoms with Gasteiger partial charge in [0, 0.05) is 22.8 Å². The zero-order chi connectivity index (χ0) is 19.3. The molecule has 0 aromatic heterocycles. The highest BCUT2D eigenvalue weighted by molar-refractivity contribution is 9.10. The van der Waals surface area contributed by atoms with E-state index in [0.29, 0.717) is 11.4 Å². The summed E-state index contributed by atoms with van der Waals surface area (Å²) in [5.41, 5.74) is 3.43. The van der Waals surface area contributed by atoms with Crippen molar-refractivity contribution in [1.82, 2.24) is 0 Å². The minimum atomic E-state index is -0.243. The van der Waals surface area contributed by atoms with Crippen molar-refractivity contribution < 1.29 is 14.3 Å². The van der Waals surface area contributed by atoms with Crippen LogP contribution >= 0.6 is 15.9 Å². The summed E-state index contributed by atoms with van der Waals surface area (Å²) in [5.74, 6) is 0.622. The van der Waals surface area contributed by atoms with Crippen LogP contribution in [0.4, 0.5) is 11.4 Å². The van der Waals surface area contributed by atoms with Gasteiger partial charge in [0.05, 0.1) is 0 Å². The fourth-order valence-electron chi connectivity index (χ4n) is 2.43. The van der Waals surface area contributed by atoms with Gasteiger partial charge in [-0.25, -0.2) is 0 Å². The number of halogens is 1. The molecule has 2 rings (SSSR count). The minimum Gasteiger partial charge on any atom is -0.483 e. The Morgan fingerprint density at radius 3 is 2.19 bits per heavy atom.